The minimum absolute atomic E-state index is 0.000244. The van der Waals surface area contributed by atoms with E-state index in [0.717, 1.165) is 5.57 Å². The highest BCUT2D eigenvalue weighted by Crippen LogP contribution is 2.18. The maximum absolute atomic E-state index is 11.9. The Labute approximate surface area is 113 Å². The van der Waals surface area contributed by atoms with E-state index in [9.17, 15) is 4.79 Å². The van der Waals surface area contributed by atoms with Crippen LogP contribution in [0.2, 0.25) is 0 Å². The number of hydrogen-bond acceptors (Lipinski definition) is 5. The lowest BCUT2D eigenvalue weighted by atomic mass is 10.1. The number of nitrogens with zero attached hydrogens (tertiary/aromatic N) is 2. The summed E-state index contributed by atoms with van der Waals surface area (Å²) in [4.78, 5) is 13.6. The number of nitrogens with one attached hydrogen (secondary N) is 1. The summed E-state index contributed by atoms with van der Waals surface area (Å²) < 4.78 is 5.34. The van der Waals surface area contributed by atoms with Gasteiger partial charge in [-0.15, -0.1) is 0 Å². The number of hydrogen-bond donors (Lipinski definition) is 2. The third-order valence-electron chi connectivity index (χ3n) is 2.79. The molecule has 0 spiro atoms. The van der Waals surface area contributed by atoms with E-state index in [-0.39, 0.29) is 12.1 Å². The highest BCUT2D eigenvalue weighted by molar-refractivity contribution is 5.91. The van der Waals surface area contributed by atoms with Crippen molar-refractivity contribution in [3.63, 3.8) is 0 Å². The molecule has 0 fully saturated rings. The van der Waals surface area contributed by atoms with Crippen molar-refractivity contribution in [1.82, 2.24) is 10.3 Å². The average molecular weight is 264 g/mol. The highest BCUT2D eigenvalue weighted by Gasteiger charge is 2.27. The summed E-state index contributed by atoms with van der Waals surface area (Å²) >= 11 is 0. The minimum atomic E-state index is -0.471. The second-order valence-corrected chi connectivity index (χ2v) is 5.64. The third-order valence-corrected chi connectivity index (χ3v) is 2.79. The molecule has 0 aromatic rings. The first-order valence-electron chi connectivity index (χ1n) is 6.29. The molecular weight excluding hydrogens is 244 g/mol. The molecule has 1 atom stereocenters. The molecule has 3 N–H and O–H groups in total. The lowest BCUT2D eigenvalue weighted by Crippen LogP contribution is -2.37. The molecule has 2 aliphatic rings. The van der Waals surface area contributed by atoms with E-state index in [1.165, 1.54) is 0 Å². The molecule has 1 amide bonds. The number of carbonyl (C=O) groups excluding carboxylic acids is 1. The van der Waals surface area contributed by atoms with Gasteiger partial charge < -0.3 is 15.4 Å². The monoisotopic (exact) mass is 264 g/mol. The van der Waals surface area contributed by atoms with Gasteiger partial charge in [-0.25, -0.2) is 4.79 Å². The van der Waals surface area contributed by atoms with Gasteiger partial charge in [-0.2, -0.15) is 5.10 Å². The molecule has 1 unspecified atom stereocenters. The van der Waals surface area contributed by atoms with Crippen molar-refractivity contribution in [3.8, 4) is 0 Å². The van der Waals surface area contributed by atoms with Gasteiger partial charge in [0.1, 0.15) is 11.4 Å². The Kier molecular flexibility index (Phi) is 3.50. The van der Waals surface area contributed by atoms with Crippen LogP contribution in [0.3, 0.4) is 0 Å². The number of carbonyl (C=O) groups is 1. The molecule has 0 radical (unpaired) electrons. The van der Waals surface area contributed by atoms with Gasteiger partial charge in [0.2, 0.25) is 0 Å². The first kappa shape index (κ1) is 13.5. The molecule has 2 heterocycles. The Morgan fingerprint density at radius 3 is 2.89 bits per heavy atom. The van der Waals surface area contributed by atoms with Crippen molar-refractivity contribution in [2.75, 3.05) is 13.1 Å². The average Bonchev–Trinajstić information content (AvgIpc) is 2.77. The van der Waals surface area contributed by atoms with Gasteiger partial charge in [0.15, 0.2) is 0 Å². The Bertz CT molecular complexity index is 460. The largest absolute Gasteiger partial charge is 0.444 e. The van der Waals surface area contributed by atoms with Crippen molar-refractivity contribution in [2.24, 2.45) is 10.8 Å². The van der Waals surface area contributed by atoms with Crippen LogP contribution in [0.1, 0.15) is 20.8 Å². The van der Waals surface area contributed by atoms with Crippen LogP contribution in [0.15, 0.2) is 28.9 Å². The van der Waals surface area contributed by atoms with Gasteiger partial charge in [0.25, 0.3) is 0 Å². The van der Waals surface area contributed by atoms with Crippen LogP contribution < -0.4 is 11.2 Å². The summed E-state index contributed by atoms with van der Waals surface area (Å²) in [6, 6.07) is -0.000244. The quantitative estimate of drug-likeness (QED) is 0.691. The van der Waals surface area contributed by atoms with E-state index in [0.29, 0.717) is 18.9 Å². The summed E-state index contributed by atoms with van der Waals surface area (Å²) in [5.41, 5.74) is 9.11. The summed E-state index contributed by atoms with van der Waals surface area (Å²) in [6.45, 7) is 6.69. The Hall–Kier alpha value is -1.98. The standard InChI is InChI=1S/C13H20N4O2/c1-13(2,3)19-12(18)17-7-6-9(8-17)10-4-5-11(14)16-15-10/h4-6,10,15H,7-8H2,1-3H3,(H2,14,16). The first-order chi connectivity index (χ1) is 8.85. The van der Waals surface area contributed by atoms with Gasteiger partial charge >= 0.3 is 6.09 Å². The molecule has 0 saturated carbocycles. The number of nitrogens with two attached hydrogens (primary N) is 1. The number of amidine groups is 1. The lowest BCUT2D eigenvalue weighted by Gasteiger charge is -2.25. The lowest BCUT2D eigenvalue weighted by molar-refractivity contribution is 0.0300. The van der Waals surface area contributed by atoms with Gasteiger partial charge in [-0.3, -0.25) is 5.43 Å². The maximum atomic E-state index is 11.9. The first-order valence-corrected chi connectivity index (χ1v) is 6.29. The fourth-order valence-electron chi connectivity index (χ4n) is 1.89. The fourth-order valence-corrected chi connectivity index (χ4v) is 1.89. The van der Waals surface area contributed by atoms with E-state index in [2.05, 4.69) is 10.5 Å². The van der Waals surface area contributed by atoms with Crippen LogP contribution in [0.5, 0.6) is 0 Å². The molecule has 104 valence electrons. The number of hydrazone groups is 1. The van der Waals surface area contributed by atoms with Crippen LogP contribution in [0.25, 0.3) is 0 Å². The van der Waals surface area contributed by atoms with Crippen molar-refractivity contribution < 1.29 is 9.53 Å². The Morgan fingerprint density at radius 2 is 2.32 bits per heavy atom. The second kappa shape index (κ2) is 4.95. The zero-order valence-corrected chi connectivity index (χ0v) is 11.5. The minimum Gasteiger partial charge on any atom is -0.444 e. The zero-order chi connectivity index (χ0) is 14.0. The summed E-state index contributed by atoms with van der Waals surface area (Å²) in [5, 5.41) is 3.97. The summed E-state index contributed by atoms with van der Waals surface area (Å²) in [7, 11) is 0. The van der Waals surface area contributed by atoms with Crippen LogP contribution >= 0.6 is 0 Å². The molecule has 6 heteroatoms. The predicted molar refractivity (Wildman–Crippen MR) is 73.6 cm³/mol. The van der Waals surface area contributed by atoms with E-state index in [4.69, 9.17) is 10.5 Å². The van der Waals surface area contributed by atoms with Gasteiger partial charge in [-0.05, 0) is 32.4 Å². The topological polar surface area (TPSA) is 80.0 Å². The third kappa shape index (κ3) is 3.49. The second-order valence-electron chi connectivity index (χ2n) is 5.64. The van der Waals surface area contributed by atoms with E-state index >= 15 is 0 Å². The molecule has 0 saturated heterocycles. The molecule has 0 aromatic heterocycles. The molecule has 2 aliphatic heterocycles. The molecule has 0 aliphatic carbocycles. The smallest absolute Gasteiger partial charge is 0.410 e. The summed E-state index contributed by atoms with van der Waals surface area (Å²) in [5.74, 6) is 0.457. The van der Waals surface area contributed by atoms with Crippen molar-refractivity contribution in [3.05, 3.63) is 23.8 Å². The van der Waals surface area contributed by atoms with Gasteiger partial charge in [0.05, 0.1) is 6.04 Å². The molecule has 0 aromatic carbocycles. The maximum Gasteiger partial charge on any atom is 0.410 e. The van der Waals surface area contributed by atoms with Crippen molar-refractivity contribution in [1.29, 1.82) is 0 Å². The molecule has 19 heavy (non-hydrogen) atoms. The zero-order valence-electron chi connectivity index (χ0n) is 11.5. The normalized spacial score (nSPS) is 22.7. The molecular formula is C13H20N4O2. The summed E-state index contributed by atoms with van der Waals surface area (Å²) in [6.07, 6.45) is 5.43. The number of rotatable bonds is 1. The highest BCUT2D eigenvalue weighted by atomic mass is 16.6. The fraction of sp³-hybridized carbons (Fsp3) is 0.538. The van der Waals surface area contributed by atoms with Gasteiger partial charge in [0, 0.05) is 13.1 Å². The van der Waals surface area contributed by atoms with E-state index < -0.39 is 5.60 Å². The van der Waals surface area contributed by atoms with Crippen molar-refractivity contribution in [2.45, 2.75) is 32.4 Å². The molecule has 0 bridgehead atoms. The van der Waals surface area contributed by atoms with Crippen LogP contribution in [-0.2, 0) is 4.74 Å². The SMILES string of the molecule is CC(C)(C)OC(=O)N1CC=C(C2C=CC(N)=NN2)C1. The Morgan fingerprint density at radius 1 is 1.58 bits per heavy atom. The van der Waals surface area contributed by atoms with E-state index in [1.54, 1.807) is 11.0 Å². The van der Waals surface area contributed by atoms with Crippen LogP contribution in [0, 0.1) is 0 Å². The number of ether oxygens (including phenoxy) is 1. The molecule has 6 nitrogen and oxygen atoms in total. The van der Waals surface area contributed by atoms with Crippen LogP contribution in [-0.4, -0.2) is 41.6 Å². The van der Waals surface area contributed by atoms with Crippen LogP contribution in [0.4, 0.5) is 4.79 Å². The Balaban J connectivity index is 1.89. The molecule has 2 rings (SSSR count). The van der Waals surface area contributed by atoms with Crippen molar-refractivity contribution >= 4 is 11.9 Å². The number of amides is 1. The van der Waals surface area contributed by atoms with E-state index in [1.807, 2.05) is 32.9 Å². The predicted octanol–water partition coefficient (Wildman–Crippen LogP) is 0.964. The van der Waals surface area contributed by atoms with Gasteiger partial charge in [-0.1, -0.05) is 12.2 Å².